The highest BCUT2D eigenvalue weighted by atomic mass is 32.2. The van der Waals surface area contributed by atoms with E-state index in [1.165, 1.54) is 30.3 Å². The first-order chi connectivity index (χ1) is 16.6. The molecule has 11 heteroatoms. The van der Waals surface area contributed by atoms with Gasteiger partial charge in [0.15, 0.2) is 0 Å². The Morgan fingerprint density at radius 3 is 2.71 bits per heavy atom. The van der Waals surface area contributed by atoms with Crippen molar-refractivity contribution in [3.63, 3.8) is 0 Å². The molecule has 0 aliphatic heterocycles. The second-order valence-corrected chi connectivity index (χ2v) is 10.7. The number of hydrogen-bond donors (Lipinski definition) is 1. The van der Waals surface area contributed by atoms with Gasteiger partial charge in [0.05, 0.1) is 0 Å². The molecule has 182 valence electrons. The van der Waals surface area contributed by atoms with Gasteiger partial charge in [-0.25, -0.2) is 18.2 Å². The number of nitrogens with zero attached hydrogens (tertiary/aromatic N) is 2. The first-order valence-electron chi connectivity index (χ1n) is 10.5. The largest absolute Gasteiger partial charge is 0.431 e. The minimum Gasteiger partial charge on any atom is -0.431 e. The predicted octanol–water partition coefficient (Wildman–Crippen LogP) is 3.77. The third kappa shape index (κ3) is 5.87. The van der Waals surface area contributed by atoms with Crippen LogP contribution in [0.4, 0.5) is 5.69 Å². The minimum absolute atomic E-state index is 0.244. The summed E-state index contributed by atoms with van der Waals surface area (Å²) in [5.74, 6) is -0.681. The van der Waals surface area contributed by atoms with Crippen molar-refractivity contribution in [3.05, 3.63) is 81.2 Å². The molecule has 0 fully saturated rings. The average Bonchev–Trinajstić information content (AvgIpc) is 3.29. The lowest BCUT2D eigenvalue weighted by Crippen LogP contribution is -2.32. The maximum atomic E-state index is 12.8. The van der Waals surface area contributed by atoms with Gasteiger partial charge in [-0.2, -0.15) is 0 Å². The molecule has 0 aliphatic carbocycles. The topological polar surface area (TPSA) is 119 Å². The van der Waals surface area contributed by atoms with Gasteiger partial charge in [0.2, 0.25) is 15.9 Å². The molecule has 4 aromatic rings. The van der Waals surface area contributed by atoms with Crippen LogP contribution < -0.4 is 15.1 Å². The van der Waals surface area contributed by atoms with Crippen LogP contribution in [0, 0.1) is 6.92 Å². The number of benzene rings is 2. The van der Waals surface area contributed by atoms with E-state index in [-0.39, 0.29) is 6.42 Å². The number of rotatable bonds is 8. The Kier molecular flexibility index (Phi) is 6.90. The molecule has 2 aromatic heterocycles. The first-order valence-corrected chi connectivity index (χ1v) is 13.1. The van der Waals surface area contributed by atoms with Crippen LogP contribution >= 0.6 is 11.3 Å². The molecule has 0 saturated carbocycles. The number of aromatic nitrogens is 1. The molecule has 0 radical (unpaired) electrons. The number of hydrogen-bond acceptors (Lipinski definition) is 8. The maximum absolute atomic E-state index is 12.8. The van der Waals surface area contributed by atoms with Crippen LogP contribution in [0.2, 0.25) is 0 Å². The summed E-state index contributed by atoms with van der Waals surface area (Å²) in [5, 5.41) is 3.06. The van der Waals surface area contributed by atoms with Gasteiger partial charge < -0.3 is 14.1 Å². The summed E-state index contributed by atoms with van der Waals surface area (Å²) in [7, 11) is -0.892. The van der Waals surface area contributed by atoms with Gasteiger partial charge in [-0.3, -0.25) is 9.52 Å². The van der Waals surface area contributed by atoms with E-state index in [2.05, 4.69) is 9.71 Å². The molecular weight excluding hydrogens is 490 g/mol. The number of nitrogens with one attached hydrogen (secondary N) is 1. The first kappa shape index (κ1) is 24.4. The lowest BCUT2D eigenvalue weighted by atomic mass is 9.99. The Bertz CT molecular complexity index is 1540. The van der Waals surface area contributed by atoms with Crippen LogP contribution in [0.25, 0.3) is 11.0 Å². The normalized spacial score (nSPS) is 11.4. The van der Waals surface area contributed by atoms with E-state index in [4.69, 9.17) is 9.15 Å². The summed E-state index contributed by atoms with van der Waals surface area (Å²) in [6.45, 7) is 1.84. The number of aryl methyl sites for hydroxylation is 1. The number of carbonyl (C=O) groups is 1. The molecule has 0 bridgehead atoms. The molecule has 0 atom stereocenters. The van der Waals surface area contributed by atoms with Gasteiger partial charge in [-0.1, -0.05) is 23.5 Å². The number of anilines is 1. The van der Waals surface area contributed by atoms with E-state index in [1.54, 1.807) is 48.0 Å². The molecule has 4 rings (SSSR count). The molecule has 35 heavy (non-hydrogen) atoms. The van der Waals surface area contributed by atoms with Crippen molar-refractivity contribution in [2.75, 3.05) is 24.6 Å². The number of carbonyl (C=O) groups excluding carboxylic acids is 1. The molecule has 2 heterocycles. The molecular formula is C24H23N3O6S2. The van der Waals surface area contributed by atoms with Crippen molar-refractivity contribution < 1.29 is 22.4 Å². The molecule has 0 spiro atoms. The summed E-state index contributed by atoms with van der Waals surface area (Å²) >= 11 is 1.35. The Labute approximate surface area is 206 Å². The number of fused-ring (bicyclic) bond motifs is 1. The summed E-state index contributed by atoms with van der Waals surface area (Å²) in [4.78, 5) is 29.9. The van der Waals surface area contributed by atoms with Crippen LogP contribution in [0.15, 0.2) is 63.3 Å². The van der Waals surface area contributed by atoms with E-state index in [0.29, 0.717) is 33.3 Å². The molecule has 2 aromatic carbocycles. The number of sulfonamides is 1. The van der Waals surface area contributed by atoms with Crippen LogP contribution in [0.3, 0.4) is 0 Å². The quantitative estimate of drug-likeness (QED) is 0.356. The second-order valence-electron chi connectivity index (χ2n) is 8.08. The number of ether oxygens (including phenoxy) is 1. The van der Waals surface area contributed by atoms with Crippen molar-refractivity contribution in [2.45, 2.75) is 13.3 Å². The fraction of sp³-hybridized carbons (Fsp3) is 0.208. The Balaban J connectivity index is 1.57. The van der Waals surface area contributed by atoms with Crippen molar-refractivity contribution in [1.29, 1.82) is 0 Å². The predicted molar refractivity (Wildman–Crippen MR) is 135 cm³/mol. The van der Waals surface area contributed by atoms with Gasteiger partial charge in [0.1, 0.15) is 17.1 Å². The standard InChI is InChI=1S/C24H23N3O6S2/c1-15-19-8-7-18(32-24-25-9-10-34-24)13-21(19)33-23(29)20(15)12-16-5-4-6-17(11-16)26-35(30,31)14-22(28)27(2)3/h4-11,13,26H,12,14H2,1-3H3. The summed E-state index contributed by atoms with van der Waals surface area (Å²) in [6.07, 6.45) is 1.88. The molecule has 0 saturated heterocycles. The summed E-state index contributed by atoms with van der Waals surface area (Å²) < 4.78 is 38.3. The van der Waals surface area contributed by atoms with E-state index in [9.17, 15) is 18.0 Å². The Morgan fingerprint density at radius 1 is 1.20 bits per heavy atom. The van der Waals surface area contributed by atoms with Gasteiger partial charge in [-0.15, -0.1) is 0 Å². The summed E-state index contributed by atoms with van der Waals surface area (Å²) in [6, 6.07) is 11.9. The van der Waals surface area contributed by atoms with Crippen LogP contribution in [-0.2, 0) is 21.2 Å². The van der Waals surface area contributed by atoms with Gasteiger partial charge >= 0.3 is 5.63 Å². The Hall–Kier alpha value is -3.70. The van der Waals surface area contributed by atoms with Gasteiger partial charge in [0, 0.05) is 54.8 Å². The smallest absolute Gasteiger partial charge is 0.340 e. The van der Waals surface area contributed by atoms with Crippen molar-refractivity contribution >= 4 is 43.9 Å². The zero-order valence-corrected chi connectivity index (χ0v) is 20.9. The molecule has 1 N–H and O–H groups in total. The summed E-state index contributed by atoms with van der Waals surface area (Å²) in [5.41, 5.74) is 2.17. The SMILES string of the molecule is Cc1c(Cc2cccc(NS(=O)(=O)CC(=O)N(C)C)c2)c(=O)oc2cc(Oc3nccs3)ccc12. The van der Waals surface area contributed by atoms with Crippen LogP contribution in [0.5, 0.6) is 10.9 Å². The third-order valence-corrected chi connectivity index (χ3v) is 7.09. The fourth-order valence-electron chi connectivity index (χ4n) is 3.46. The van der Waals surface area contributed by atoms with Crippen LogP contribution in [-0.4, -0.2) is 44.1 Å². The number of thiazole rings is 1. The van der Waals surface area contributed by atoms with E-state index >= 15 is 0 Å². The molecule has 1 amide bonds. The van der Waals surface area contributed by atoms with Crippen molar-refractivity contribution in [2.24, 2.45) is 0 Å². The third-order valence-electron chi connectivity index (χ3n) is 5.27. The fourth-order valence-corrected chi connectivity index (χ4v) is 5.11. The molecule has 9 nitrogen and oxygen atoms in total. The van der Waals surface area contributed by atoms with E-state index in [0.717, 1.165) is 10.9 Å². The van der Waals surface area contributed by atoms with Gasteiger partial charge in [-0.05, 0) is 42.3 Å². The molecule has 0 aliphatic rings. The van der Waals surface area contributed by atoms with Crippen molar-refractivity contribution in [3.8, 4) is 10.9 Å². The van der Waals surface area contributed by atoms with E-state index in [1.807, 2.05) is 13.0 Å². The highest BCUT2D eigenvalue weighted by molar-refractivity contribution is 7.93. The number of amides is 1. The van der Waals surface area contributed by atoms with Crippen molar-refractivity contribution in [1.82, 2.24) is 9.88 Å². The lowest BCUT2D eigenvalue weighted by Gasteiger charge is -2.13. The van der Waals surface area contributed by atoms with Gasteiger partial charge in [0.25, 0.3) is 5.19 Å². The van der Waals surface area contributed by atoms with Crippen LogP contribution in [0.1, 0.15) is 16.7 Å². The zero-order chi connectivity index (χ0) is 25.2. The average molecular weight is 514 g/mol. The Morgan fingerprint density at radius 2 is 2.00 bits per heavy atom. The lowest BCUT2D eigenvalue weighted by molar-refractivity contribution is -0.125. The molecule has 0 unspecified atom stereocenters. The minimum atomic E-state index is -3.87. The highest BCUT2D eigenvalue weighted by Crippen LogP contribution is 2.29. The monoisotopic (exact) mass is 513 g/mol. The maximum Gasteiger partial charge on any atom is 0.340 e. The zero-order valence-electron chi connectivity index (χ0n) is 19.3. The second kappa shape index (κ2) is 9.88. The van der Waals surface area contributed by atoms with E-state index < -0.39 is 27.3 Å². The highest BCUT2D eigenvalue weighted by Gasteiger charge is 2.18.